The lowest BCUT2D eigenvalue weighted by Crippen LogP contribution is -2.37. The van der Waals surface area contributed by atoms with Gasteiger partial charge in [-0.15, -0.1) is 0 Å². The predicted molar refractivity (Wildman–Crippen MR) is 97.0 cm³/mol. The highest BCUT2D eigenvalue weighted by Crippen LogP contribution is 2.24. The van der Waals surface area contributed by atoms with Gasteiger partial charge in [0.15, 0.2) is 0 Å². The Kier molecular flexibility index (Phi) is 6.63. The van der Waals surface area contributed by atoms with Crippen LogP contribution in [0.1, 0.15) is 30.2 Å². The van der Waals surface area contributed by atoms with Crippen LogP contribution in [-0.2, 0) is 4.79 Å². The van der Waals surface area contributed by atoms with Gasteiger partial charge in [0, 0.05) is 22.6 Å². The average Bonchev–Trinajstić information content (AvgIpc) is 2.57. The van der Waals surface area contributed by atoms with E-state index in [0.29, 0.717) is 15.6 Å². The highest BCUT2D eigenvalue weighted by molar-refractivity contribution is 6.34. The minimum absolute atomic E-state index is 0.0569. The maximum atomic E-state index is 12.3. The van der Waals surface area contributed by atoms with Crippen LogP contribution >= 0.6 is 23.2 Å². The number of benzene rings is 2. The Hall–Kier alpha value is -1.59. The van der Waals surface area contributed by atoms with E-state index in [0.717, 1.165) is 5.56 Å². The van der Waals surface area contributed by atoms with Gasteiger partial charge in [-0.1, -0.05) is 60.5 Å². The molecule has 4 N–H and O–H groups in total. The molecule has 3 atom stereocenters. The molecular weight excluding hydrogens is 347 g/mol. The Morgan fingerprint density at radius 2 is 1.71 bits per heavy atom. The monoisotopic (exact) mass is 366 g/mol. The third-order valence-corrected chi connectivity index (χ3v) is 4.31. The van der Waals surface area contributed by atoms with Crippen LogP contribution in [0.4, 0.5) is 0 Å². The van der Waals surface area contributed by atoms with Crippen LogP contribution in [0.5, 0.6) is 0 Å². The lowest BCUT2D eigenvalue weighted by molar-refractivity contribution is -0.125. The molecule has 3 unspecified atom stereocenters. The third kappa shape index (κ3) is 4.95. The second-order valence-electron chi connectivity index (χ2n) is 5.69. The van der Waals surface area contributed by atoms with E-state index < -0.39 is 18.1 Å². The van der Waals surface area contributed by atoms with Gasteiger partial charge in [-0.05, 0) is 29.3 Å². The van der Waals surface area contributed by atoms with Crippen LogP contribution < -0.4 is 11.1 Å². The fourth-order valence-corrected chi connectivity index (χ4v) is 2.91. The molecule has 0 radical (unpaired) electrons. The minimum atomic E-state index is -0.898. The topological polar surface area (TPSA) is 75.3 Å². The standard InChI is InChI=1S/C18H20Cl2N2O2/c1-11(17(21)12-5-3-2-4-6-12)18(24)22-10-16(23)13-7-14(19)9-15(20)8-13/h2-9,11,16-17,23H,10,21H2,1H3,(H,22,24). The summed E-state index contributed by atoms with van der Waals surface area (Å²) in [5.74, 6) is -0.652. The summed E-state index contributed by atoms with van der Waals surface area (Å²) in [7, 11) is 0. The van der Waals surface area contributed by atoms with E-state index in [4.69, 9.17) is 28.9 Å². The number of carbonyl (C=O) groups excluding carboxylic acids is 1. The first-order chi connectivity index (χ1) is 11.4. The molecule has 0 bridgehead atoms. The molecule has 1 amide bonds. The number of nitrogens with one attached hydrogen (secondary N) is 1. The molecule has 0 aliphatic rings. The summed E-state index contributed by atoms with van der Waals surface area (Å²) in [6.07, 6.45) is -0.898. The summed E-state index contributed by atoms with van der Waals surface area (Å²) in [6.45, 7) is 1.82. The Labute approximate surface area is 151 Å². The van der Waals surface area contributed by atoms with Crippen LogP contribution in [-0.4, -0.2) is 17.6 Å². The lowest BCUT2D eigenvalue weighted by atomic mass is 9.94. The number of hydrogen-bond acceptors (Lipinski definition) is 3. The SMILES string of the molecule is CC(C(=O)NCC(O)c1cc(Cl)cc(Cl)c1)C(N)c1ccccc1. The Morgan fingerprint density at radius 1 is 1.12 bits per heavy atom. The first-order valence-corrected chi connectivity index (χ1v) is 8.36. The number of amides is 1. The molecule has 0 saturated heterocycles. The second-order valence-corrected chi connectivity index (χ2v) is 6.56. The number of nitrogens with two attached hydrogens (primary N) is 1. The van der Waals surface area contributed by atoms with E-state index in [9.17, 15) is 9.90 Å². The quantitative estimate of drug-likeness (QED) is 0.732. The molecule has 0 heterocycles. The van der Waals surface area contributed by atoms with Gasteiger partial charge in [0.1, 0.15) is 0 Å². The highest BCUT2D eigenvalue weighted by Gasteiger charge is 2.22. The zero-order valence-corrected chi connectivity index (χ0v) is 14.8. The molecular formula is C18H20Cl2N2O2. The Morgan fingerprint density at radius 3 is 2.29 bits per heavy atom. The number of aliphatic hydroxyl groups excluding tert-OH is 1. The van der Waals surface area contributed by atoms with Crippen molar-refractivity contribution in [1.82, 2.24) is 5.32 Å². The zero-order chi connectivity index (χ0) is 17.7. The van der Waals surface area contributed by atoms with Crippen LogP contribution in [0.3, 0.4) is 0 Å². The van der Waals surface area contributed by atoms with Crippen LogP contribution in [0.15, 0.2) is 48.5 Å². The molecule has 0 spiro atoms. The van der Waals surface area contributed by atoms with Gasteiger partial charge in [-0.25, -0.2) is 0 Å². The van der Waals surface area contributed by atoms with Gasteiger partial charge in [-0.3, -0.25) is 4.79 Å². The molecule has 2 aromatic carbocycles. The number of hydrogen-bond donors (Lipinski definition) is 3. The first kappa shape index (κ1) is 18.7. The number of halogens is 2. The molecule has 128 valence electrons. The van der Waals surface area contributed by atoms with Crippen molar-refractivity contribution in [2.24, 2.45) is 11.7 Å². The van der Waals surface area contributed by atoms with Gasteiger partial charge >= 0.3 is 0 Å². The Balaban J connectivity index is 1.94. The molecule has 0 aliphatic heterocycles. The highest BCUT2D eigenvalue weighted by atomic mass is 35.5. The van der Waals surface area contributed by atoms with E-state index >= 15 is 0 Å². The van der Waals surface area contributed by atoms with E-state index in [2.05, 4.69) is 5.32 Å². The second kappa shape index (κ2) is 8.49. The van der Waals surface area contributed by atoms with Crippen molar-refractivity contribution >= 4 is 29.1 Å². The normalized spacial score (nSPS) is 14.7. The van der Waals surface area contributed by atoms with E-state index in [1.165, 1.54) is 0 Å². The summed E-state index contributed by atoms with van der Waals surface area (Å²) < 4.78 is 0. The van der Waals surface area contributed by atoms with Crippen molar-refractivity contribution in [2.75, 3.05) is 6.54 Å². The summed E-state index contributed by atoms with van der Waals surface area (Å²) in [4.78, 5) is 12.3. The van der Waals surface area contributed by atoms with Crippen molar-refractivity contribution in [1.29, 1.82) is 0 Å². The summed E-state index contributed by atoms with van der Waals surface area (Å²) in [6, 6.07) is 13.8. The van der Waals surface area contributed by atoms with Crippen molar-refractivity contribution in [3.8, 4) is 0 Å². The molecule has 24 heavy (non-hydrogen) atoms. The average molecular weight is 367 g/mol. The van der Waals surface area contributed by atoms with E-state index in [-0.39, 0.29) is 12.5 Å². The van der Waals surface area contributed by atoms with Crippen LogP contribution in [0.2, 0.25) is 10.0 Å². The number of aliphatic hydroxyl groups is 1. The summed E-state index contributed by atoms with van der Waals surface area (Å²) in [5, 5.41) is 13.8. The lowest BCUT2D eigenvalue weighted by Gasteiger charge is -2.21. The fourth-order valence-electron chi connectivity index (χ4n) is 2.37. The number of rotatable bonds is 6. The fraction of sp³-hybridized carbons (Fsp3) is 0.278. The maximum absolute atomic E-state index is 12.3. The first-order valence-electron chi connectivity index (χ1n) is 7.60. The van der Waals surface area contributed by atoms with Crippen molar-refractivity contribution in [2.45, 2.75) is 19.1 Å². The van der Waals surface area contributed by atoms with E-state index in [1.807, 2.05) is 30.3 Å². The summed E-state index contributed by atoms with van der Waals surface area (Å²) in [5.41, 5.74) is 7.58. The van der Waals surface area contributed by atoms with Gasteiger partial charge in [0.2, 0.25) is 5.91 Å². The van der Waals surface area contributed by atoms with Gasteiger partial charge < -0.3 is 16.2 Å². The van der Waals surface area contributed by atoms with Crippen molar-refractivity contribution in [3.63, 3.8) is 0 Å². The molecule has 2 aromatic rings. The molecule has 0 aliphatic carbocycles. The zero-order valence-electron chi connectivity index (χ0n) is 13.2. The maximum Gasteiger partial charge on any atom is 0.224 e. The molecule has 0 fully saturated rings. The van der Waals surface area contributed by atoms with E-state index in [1.54, 1.807) is 25.1 Å². The largest absolute Gasteiger partial charge is 0.387 e. The molecule has 6 heteroatoms. The summed E-state index contributed by atoms with van der Waals surface area (Å²) >= 11 is 11.8. The third-order valence-electron chi connectivity index (χ3n) is 3.88. The number of carbonyl (C=O) groups is 1. The van der Waals surface area contributed by atoms with Crippen LogP contribution in [0.25, 0.3) is 0 Å². The smallest absolute Gasteiger partial charge is 0.224 e. The van der Waals surface area contributed by atoms with Gasteiger partial charge in [0.05, 0.1) is 12.0 Å². The molecule has 4 nitrogen and oxygen atoms in total. The van der Waals surface area contributed by atoms with Crippen molar-refractivity contribution in [3.05, 3.63) is 69.7 Å². The van der Waals surface area contributed by atoms with Gasteiger partial charge in [0.25, 0.3) is 0 Å². The van der Waals surface area contributed by atoms with Gasteiger partial charge in [-0.2, -0.15) is 0 Å². The van der Waals surface area contributed by atoms with Crippen molar-refractivity contribution < 1.29 is 9.90 Å². The molecule has 0 aromatic heterocycles. The predicted octanol–water partition coefficient (Wildman–Crippen LogP) is 3.48. The molecule has 0 saturated carbocycles. The Bertz CT molecular complexity index is 674. The van der Waals surface area contributed by atoms with Crippen LogP contribution in [0, 0.1) is 5.92 Å². The minimum Gasteiger partial charge on any atom is -0.387 e. The molecule has 2 rings (SSSR count).